The Balaban J connectivity index is 3.53. The van der Waals surface area contributed by atoms with Crippen molar-refractivity contribution in [2.45, 2.75) is 37.7 Å². The van der Waals surface area contributed by atoms with Gasteiger partial charge in [0.15, 0.2) is 6.29 Å². The molecule has 1 atom stereocenters. The molecule has 0 aliphatic rings. The molecule has 22 heavy (non-hydrogen) atoms. The van der Waals surface area contributed by atoms with Gasteiger partial charge >= 0.3 is 12.4 Å². The molecule has 9 heteroatoms. The van der Waals surface area contributed by atoms with Crippen LogP contribution in [0.1, 0.15) is 18.1 Å². The summed E-state index contributed by atoms with van der Waals surface area (Å²) in [6, 6.07) is 3.57. The van der Waals surface area contributed by atoms with Crippen LogP contribution in [-0.4, -0.2) is 25.8 Å². The van der Waals surface area contributed by atoms with Crippen molar-refractivity contribution >= 4 is 0 Å². The van der Waals surface area contributed by atoms with Gasteiger partial charge in [0.1, 0.15) is 0 Å². The highest BCUT2D eigenvalue weighted by Crippen LogP contribution is 2.53. The molecule has 0 radical (unpaired) electrons. The van der Waals surface area contributed by atoms with Crippen LogP contribution in [-0.2, 0) is 21.6 Å². The van der Waals surface area contributed by atoms with E-state index in [4.69, 9.17) is 5.73 Å². The van der Waals surface area contributed by atoms with E-state index in [1.165, 1.54) is 0 Å². The highest BCUT2D eigenvalue weighted by molar-refractivity contribution is 5.30. The second kappa shape index (κ2) is 6.43. The van der Waals surface area contributed by atoms with Gasteiger partial charge in [-0.05, 0) is 12.5 Å². The van der Waals surface area contributed by atoms with Crippen molar-refractivity contribution in [3.8, 4) is 0 Å². The third kappa shape index (κ3) is 3.36. The summed E-state index contributed by atoms with van der Waals surface area (Å²) in [6.45, 7) is 0.932. The molecule has 0 aliphatic carbocycles. The molecule has 0 fully saturated rings. The van der Waals surface area contributed by atoms with Crippen molar-refractivity contribution in [2.75, 3.05) is 7.11 Å². The summed E-state index contributed by atoms with van der Waals surface area (Å²) in [5, 5.41) is 0. The van der Waals surface area contributed by atoms with Gasteiger partial charge < -0.3 is 15.2 Å². The Labute approximate surface area is 123 Å². The van der Waals surface area contributed by atoms with E-state index in [1.807, 2.05) is 0 Å². The maximum atomic E-state index is 13.3. The van der Waals surface area contributed by atoms with Crippen LogP contribution in [0.3, 0.4) is 0 Å². The monoisotopic (exact) mass is 331 g/mol. The third-order valence-corrected chi connectivity index (χ3v) is 3.07. The number of alkyl halides is 6. The van der Waals surface area contributed by atoms with Gasteiger partial charge in [0.25, 0.3) is 5.60 Å². The Kier molecular flexibility index (Phi) is 5.47. The molecule has 1 aromatic carbocycles. The first-order chi connectivity index (χ1) is 9.99. The van der Waals surface area contributed by atoms with Gasteiger partial charge in [0.05, 0.1) is 0 Å². The lowest BCUT2D eigenvalue weighted by Crippen LogP contribution is -2.57. The summed E-state index contributed by atoms with van der Waals surface area (Å²) in [4.78, 5) is 0. The number of rotatable bonds is 5. The fourth-order valence-electron chi connectivity index (χ4n) is 1.86. The van der Waals surface area contributed by atoms with Gasteiger partial charge in [0, 0.05) is 19.2 Å². The zero-order valence-electron chi connectivity index (χ0n) is 11.8. The van der Waals surface area contributed by atoms with E-state index in [2.05, 4.69) is 9.47 Å². The van der Waals surface area contributed by atoms with Crippen LogP contribution in [0, 0.1) is 0 Å². The Hall–Kier alpha value is -1.32. The normalized spacial score (nSPS) is 15.0. The minimum atomic E-state index is -5.73. The maximum Gasteiger partial charge on any atom is 0.430 e. The number of methoxy groups -OCH3 is 1. The average Bonchev–Trinajstić information content (AvgIpc) is 2.41. The topological polar surface area (TPSA) is 44.5 Å². The van der Waals surface area contributed by atoms with Crippen LogP contribution in [0.2, 0.25) is 0 Å². The Morgan fingerprint density at radius 2 is 1.45 bits per heavy atom. The van der Waals surface area contributed by atoms with Gasteiger partial charge in [-0.1, -0.05) is 24.3 Å². The minimum absolute atomic E-state index is 0.0132. The van der Waals surface area contributed by atoms with Crippen LogP contribution in [0.15, 0.2) is 24.3 Å². The van der Waals surface area contributed by atoms with Crippen LogP contribution < -0.4 is 5.73 Å². The van der Waals surface area contributed by atoms with E-state index in [-0.39, 0.29) is 6.54 Å². The number of halogens is 6. The summed E-state index contributed by atoms with van der Waals surface area (Å²) >= 11 is 0. The molecule has 0 saturated carbocycles. The SMILES string of the molecule is COC(C)OC(c1ccc(CN)cc1)(C(F)(F)F)C(F)(F)F. The number of ether oxygens (including phenoxy) is 2. The standard InChI is InChI=1S/C13H15F6NO2/c1-8(21-2)22-11(12(14,15)16,13(17,18)19)10-5-3-9(7-20)4-6-10/h3-6,8H,7,20H2,1-2H3. The number of hydrogen-bond acceptors (Lipinski definition) is 3. The summed E-state index contributed by atoms with van der Waals surface area (Å²) in [5.41, 5.74) is 0.105. The van der Waals surface area contributed by atoms with E-state index in [0.29, 0.717) is 17.7 Å². The molecule has 0 amide bonds. The zero-order valence-corrected chi connectivity index (χ0v) is 11.8. The summed E-state index contributed by atoms with van der Waals surface area (Å²) < 4.78 is 88.6. The first kappa shape index (κ1) is 18.7. The van der Waals surface area contributed by atoms with Crippen LogP contribution in [0.4, 0.5) is 26.3 Å². The quantitative estimate of drug-likeness (QED) is 0.664. The highest BCUT2D eigenvalue weighted by Gasteiger charge is 2.74. The molecular formula is C13H15F6NO2. The Morgan fingerprint density at radius 1 is 1.00 bits per heavy atom. The van der Waals surface area contributed by atoms with Gasteiger partial charge in [-0.15, -0.1) is 0 Å². The average molecular weight is 331 g/mol. The molecule has 0 saturated heterocycles. The molecule has 3 nitrogen and oxygen atoms in total. The molecule has 2 N–H and O–H groups in total. The minimum Gasteiger partial charge on any atom is -0.356 e. The molecule has 0 aliphatic heterocycles. The van der Waals surface area contributed by atoms with E-state index < -0.39 is 29.8 Å². The number of hydrogen-bond donors (Lipinski definition) is 1. The predicted octanol–water partition coefficient (Wildman–Crippen LogP) is 3.47. The van der Waals surface area contributed by atoms with Crippen molar-refractivity contribution < 1.29 is 35.8 Å². The molecule has 0 aromatic heterocycles. The van der Waals surface area contributed by atoms with Crippen molar-refractivity contribution in [3.63, 3.8) is 0 Å². The van der Waals surface area contributed by atoms with Crippen LogP contribution in [0.25, 0.3) is 0 Å². The van der Waals surface area contributed by atoms with Crippen LogP contribution >= 0.6 is 0 Å². The van der Waals surface area contributed by atoms with Gasteiger partial charge in [-0.3, -0.25) is 0 Å². The molecule has 126 valence electrons. The van der Waals surface area contributed by atoms with E-state index >= 15 is 0 Å². The Morgan fingerprint density at radius 3 is 1.77 bits per heavy atom. The highest BCUT2D eigenvalue weighted by atomic mass is 19.4. The second-order valence-electron chi connectivity index (χ2n) is 4.50. The lowest BCUT2D eigenvalue weighted by molar-refractivity contribution is -0.414. The maximum absolute atomic E-state index is 13.3. The summed E-state index contributed by atoms with van der Waals surface area (Å²) in [6.07, 6.45) is -13.2. The van der Waals surface area contributed by atoms with Gasteiger partial charge in [-0.25, -0.2) is 0 Å². The Bertz CT molecular complexity index is 469. The third-order valence-electron chi connectivity index (χ3n) is 3.07. The van der Waals surface area contributed by atoms with Gasteiger partial charge in [-0.2, -0.15) is 26.3 Å². The van der Waals surface area contributed by atoms with Gasteiger partial charge in [0.2, 0.25) is 0 Å². The molecule has 1 unspecified atom stereocenters. The largest absolute Gasteiger partial charge is 0.430 e. The second-order valence-corrected chi connectivity index (χ2v) is 4.50. The van der Waals surface area contributed by atoms with Crippen molar-refractivity contribution in [1.29, 1.82) is 0 Å². The zero-order chi connectivity index (χ0) is 17.2. The number of benzene rings is 1. The smallest absolute Gasteiger partial charge is 0.356 e. The van der Waals surface area contributed by atoms with E-state index in [0.717, 1.165) is 26.2 Å². The summed E-state index contributed by atoms with van der Waals surface area (Å²) in [5.74, 6) is 0. The molecule has 0 spiro atoms. The lowest BCUT2D eigenvalue weighted by atomic mass is 9.91. The predicted molar refractivity (Wildman–Crippen MR) is 65.7 cm³/mol. The molecule has 1 aromatic rings. The first-order valence-corrected chi connectivity index (χ1v) is 6.13. The fourth-order valence-corrected chi connectivity index (χ4v) is 1.86. The van der Waals surface area contributed by atoms with Crippen molar-refractivity contribution in [2.24, 2.45) is 5.73 Å². The first-order valence-electron chi connectivity index (χ1n) is 6.13. The van der Waals surface area contributed by atoms with Crippen molar-refractivity contribution in [3.05, 3.63) is 35.4 Å². The van der Waals surface area contributed by atoms with E-state index in [9.17, 15) is 26.3 Å². The molecule has 0 bridgehead atoms. The molecule has 1 rings (SSSR count). The lowest BCUT2D eigenvalue weighted by Gasteiger charge is -2.38. The van der Waals surface area contributed by atoms with Crippen molar-refractivity contribution in [1.82, 2.24) is 0 Å². The number of nitrogens with two attached hydrogens (primary N) is 1. The molecular weight excluding hydrogens is 316 g/mol. The van der Waals surface area contributed by atoms with E-state index in [1.54, 1.807) is 0 Å². The fraction of sp³-hybridized carbons (Fsp3) is 0.538. The molecule has 0 heterocycles. The van der Waals surface area contributed by atoms with Crippen LogP contribution in [0.5, 0.6) is 0 Å². The summed E-state index contributed by atoms with van der Waals surface area (Å²) in [7, 11) is 0.944.